The molecule has 0 atom stereocenters. The van der Waals surface area contributed by atoms with Gasteiger partial charge in [-0.2, -0.15) is 0 Å². The second-order valence-electron chi connectivity index (χ2n) is 6.92. The highest BCUT2D eigenvalue weighted by atomic mass is 32.2. The molecule has 0 aliphatic carbocycles. The lowest BCUT2D eigenvalue weighted by Gasteiger charge is -2.18. The van der Waals surface area contributed by atoms with Crippen molar-refractivity contribution in [2.24, 2.45) is 5.73 Å². The first-order chi connectivity index (χ1) is 15.3. The molecule has 4 rings (SSSR count). The van der Waals surface area contributed by atoms with Crippen LogP contribution >= 0.6 is 0 Å². The number of rotatable bonds is 6. The van der Waals surface area contributed by atoms with Crippen molar-refractivity contribution in [2.75, 3.05) is 17.5 Å². The number of hydrogen-bond acceptors (Lipinski definition) is 6. The number of carbonyl (C=O) groups is 3. The first kappa shape index (κ1) is 21.1. The molecule has 32 heavy (non-hydrogen) atoms. The predicted octanol–water partition coefficient (Wildman–Crippen LogP) is 0.674. The summed E-state index contributed by atoms with van der Waals surface area (Å²) in [6.45, 7) is -0.797. The molecule has 0 aromatic heterocycles. The Bertz CT molecular complexity index is 1330. The first-order valence-corrected chi connectivity index (χ1v) is 10.9. The van der Waals surface area contributed by atoms with Crippen LogP contribution in [-0.4, -0.2) is 39.3 Å². The van der Waals surface area contributed by atoms with Crippen molar-refractivity contribution >= 4 is 44.2 Å². The van der Waals surface area contributed by atoms with Gasteiger partial charge in [0, 0.05) is 10.9 Å². The Morgan fingerprint density at radius 3 is 2.31 bits per heavy atom. The van der Waals surface area contributed by atoms with Crippen molar-refractivity contribution in [3.05, 3.63) is 66.2 Å². The summed E-state index contributed by atoms with van der Waals surface area (Å²) < 4.78 is 31.9. The third-order valence-electron chi connectivity index (χ3n) is 4.78. The number of nitrogens with two attached hydrogens (primary N) is 1. The Balaban J connectivity index is 1.40. The molecule has 1 aliphatic heterocycles. The van der Waals surface area contributed by atoms with Crippen LogP contribution in [0.2, 0.25) is 0 Å². The summed E-state index contributed by atoms with van der Waals surface area (Å²) in [7, 11) is -3.89. The number of benzene rings is 3. The highest BCUT2D eigenvalue weighted by Gasteiger charge is 2.36. The fraction of sp³-hybridized carbons (Fsp3) is 0.0952. The third kappa shape index (κ3) is 3.93. The lowest BCUT2D eigenvalue weighted by atomic mass is 10.1. The second-order valence-corrected chi connectivity index (χ2v) is 8.76. The van der Waals surface area contributed by atoms with Crippen LogP contribution in [0.1, 0.15) is 10.4 Å². The van der Waals surface area contributed by atoms with Crippen molar-refractivity contribution in [2.45, 2.75) is 4.90 Å². The summed E-state index contributed by atoms with van der Waals surface area (Å²) in [5.74, 6) is -1.62. The van der Waals surface area contributed by atoms with Crippen molar-refractivity contribution in [3.63, 3.8) is 0 Å². The van der Waals surface area contributed by atoms with E-state index in [4.69, 9.17) is 10.5 Å². The number of hydrazine groups is 1. The second kappa shape index (κ2) is 8.19. The number of nitrogens with zero attached hydrogens (tertiary/aromatic N) is 1. The molecule has 3 aromatic carbocycles. The monoisotopic (exact) mass is 454 g/mol. The molecule has 0 radical (unpaired) electrons. The number of ether oxygens (including phenoxy) is 1. The molecule has 4 N–H and O–H groups in total. The fourth-order valence-electron chi connectivity index (χ4n) is 3.35. The van der Waals surface area contributed by atoms with Crippen molar-refractivity contribution in [1.82, 2.24) is 10.9 Å². The van der Waals surface area contributed by atoms with Gasteiger partial charge in [0.15, 0.2) is 6.61 Å². The van der Waals surface area contributed by atoms with Crippen LogP contribution in [0.25, 0.3) is 10.8 Å². The average Bonchev–Trinajstić information content (AvgIpc) is 2.99. The summed E-state index contributed by atoms with van der Waals surface area (Å²) in [5.41, 5.74) is 10.1. The maximum atomic E-state index is 12.9. The van der Waals surface area contributed by atoms with E-state index in [-0.39, 0.29) is 17.1 Å². The van der Waals surface area contributed by atoms with Crippen LogP contribution in [0.15, 0.2) is 65.6 Å². The largest absolute Gasteiger partial charge is 0.484 e. The van der Waals surface area contributed by atoms with E-state index in [0.717, 1.165) is 9.69 Å². The normalized spacial score (nSPS) is 13.6. The molecular formula is C21H18N4O6S. The highest BCUT2D eigenvalue weighted by Crippen LogP contribution is 2.41. The van der Waals surface area contributed by atoms with Gasteiger partial charge in [0.25, 0.3) is 27.7 Å². The Kier molecular flexibility index (Phi) is 5.41. The Morgan fingerprint density at radius 2 is 1.62 bits per heavy atom. The molecule has 0 saturated heterocycles. The van der Waals surface area contributed by atoms with Gasteiger partial charge >= 0.3 is 0 Å². The summed E-state index contributed by atoms with van der Waals surface area (Å²) in [4.78, 5) is 35.5. The Hall–Kier alpha value is -4.12. The first-order valence-electron chi connectivity index (χ1n) is 9.42. The molecule has 11 heteroatoms. The van der Waals surface area contributed by atoms with E-state index in [9.17, 15) is 22.8 Å². The molecule has 0 unspecified atom stereocenters. The standard InChI is InChI=1S/C21H18N4O6S/c22-18(26)12-31-15-9-7-14(8-10-15)21(28)24-23-19(27)11-25-16-5-1-3-13-4-2-6-17(20(13)16)32(25,29)30/h1-10H,11-12H2,(H2,22,26)(H,23,27)(H,24,28). The van der Waals surface area contributed by atoms with Crippen molar-refractivity contribution in [1.29, 1.82) is 0 Å². The number of sulfonamides is 1. The minimum Gasteiger partial charge on any atom is -0.484 e. The minimum absolute atomic E-state index is 0.140. The highest BCUT2D eigenvalue weighted by molar-refractivity contribution is 7.93. The molecule has 1 aliphatic rings. The number of primary amides is 1. The SMILES string of the molecule is NC(=O)COc1ccc(C(=O)NNC(=O)CN2c3cccc4cccc(c34)S2(=O)=O)cc1. The van der Waals surface area contributed by atoms with Gasteiger partial charge in [-0.1, -0.05) is 24.3 Å². The maximum absolute atomic E-state index is 12.9. The summed E-state index contributed by atoms with van der Waals surface area (Å²) in [6, 6.07) is 15.9. The van der Waals surface area contributed by atoms with E-state index < -0.39 is 34.3 Å². The molecule has 0 saturated carbocycles. The maximum Gasteiger partial charge on any atom is 0.269 e. The number of nitrogens with one attached hydrogen (secondary N) is 2. The van der Waals surface area contributed by atoms with Gasteiger partial charge in [-0.15, -0.1) is 0 Å². The quantitative estimate of drug-likeness (QED) is 0.467. The molecule has 0 fully saturated rings. The van der Waals surface area contributed by atoms with Gasteiger partial charge in [-0.3, -0.25) is 29.5 Å². The summed E-state index contributed by atoms with van der Waals surface area (Å²) >= 11 is 0. The average molecular weight is 454 g/mol. The molecule has 3 amide bonds. The Morgan fingerprint density at radius 1 is 0.938 bits per heavy atom. The fourth-order valence-corrected chi connectivity index (χ4v) is 5.02. The van der Waals surface area contributed by atoms with Crippen LogP contribution in [0.5, 0.6) is 5.75 Å². The molecule has 1 heterocycles. The van der Waals surface area contributed by atoms with E-state index in [1.165, 1.54) is 30.3 Å². The zero-order valence-corrected chi connectivity index (χ0v) is 17.4. The van der Waals surface area contributed by atoms with Crippen LogP contribution in [0, 0.1) is 0 Å². The number of carbonyl (C=O) groups excluding carboxylic acids is 3. The zero-order valence-electron chi connectivity index (χ0n) is 16.6. The smallest absolute Gasteiger partial charge is 0.269 e. The van der Waals surface area contributed by atoms with Gasteiger partial charge in [-0.25, -0.2) is 8.42 Å². The van der Waals surface area contributed by atoms with Gasteiger partial charge < -0.3 is 10.5 Å². The molecule has 3 aromatic rings. The van der Waals surface area contributed by atoms with Gasteiger partial charge in [-0.05, 0) is 41.8 Å². The topological polar surface area (TPSA) is 148 Å². The molecule has 164 valence electrons. The van der Waals surface area contributed by atoms with Gasteiger partial charge in [0.2, 0.25) is 0 Å². The number of amides is 3. The van der Waals surface area contributed by atoms with Gasteiger partial charge in [0.05, 0.1) is 10.6 Å². The van der Waals surface area contributed by atoms with Gasteiger partial charge in [0.1, 0.15) is 12.3 Å². The number of hydrogen-bond donors (Lipinski definition) is 3. The predicted molar refractivity (Wildman–Crippen MR) is 115 cm³/mol. The van der Waals surface area contributed by atoms with E-state index >= 15 is 0 Å². The summed E-state index contributed by atoms with van der Waals surface area (Å²) in [6.07, 6.45) is 0. The minimum atomic E-state index is -3.89. The third-order valence-corrected chi connectivity index (χ3v) is 6.58. The molecule has 0 bridgehead atoms. The van der Waals surface area contributed by atoms with Crippen LogP contribution < -0.4 is 25.6 Å². The van der Waals surface area contributed by atoms with E-state index in [0.29, 0.717) is 16.8 Å². The van der Waals surface area contributed by atoms with Crippen molar-refractivity contribution in [3.8, 4) is 5.75 Å². The van der Waals surface area contributed by atoms with E-state index in [1.54, 1.807) is 30.3 Å². The van der Waals surface area contributed by atoms with Crippen molar-refractivity contribution < 1.29 is 27.5 Å². The molecule has 10 nitrogen and oxygen atoms in total. The summed E-state index contributed by atoms with van der Waals surface area (Å²) in [5, 5.41) is 1.31. The van der Waals surface area contributed by atoms with E-state index in [1.807, 2.05) is 0 Å². The van der Waals surface area contributed by atoms with E-state index in [2.05, 4.69) is 10.9 Å². The van der Waals surface area contributed by atoms with Crippen LogP contribution in [-0.2, 0) is 19.6 Å². The van der Waals surface area contributed by atoms with Crippen LogP contribution in [0.4, 0.5) is 5.69 Å². The Labute approximate surface area is 183 Å². The van der Waals surface area contributed by atoms with Crippen LogP contribution in [0.3, 0.4) is 0 Å². The molecule has 0 spiro atoms. The molecular weight excluding hydrogens is 436 g/mol. The number of anilines is 1. The zero-order chi connectivity index (χ0) is 22.9. The lowest BCUT2D eigenvalue weighted by molar-refractivity contribution is -0.120. The lowest BCUT2D eigenvalue weighted by Crippen LogP contribution is -2.47.